The number of anilines is 1. The predicted octanol–water partition coefficient (Wildman–Crippen LogP) is 1.38. The number of nitrogens with zero attached hydrogens (tertiary/aromatic N) is 5. The van der Waals surface area contributed by atoms with Gasteiger partial charge in [0, 0.05) is 32.4 Å². The molecule has 0 bridgehead atoms. The molecule has 0 aliphatic carbocycles. The first kappa shape index (κ1) is 16.5. The number of phenolic OH excluding ortho intramolecular Hbond substituents is 1. The smallest absolute Gasteiger partial charge is 0.281 e. The highest BCUT2D eigenvalue weighted by atomic mass is 19.1. The van der Waals surface area contributed by atoms with Gasteiger partial charge in [0.1, 0.15) is 29.1 Å². The van der Waals surface area contributed by atoms with Gasteiger partial charge in [-0.25, -0.2) is 14.4 Å². The van der Waals surface area contributed by atoms with E-state index in [0.29, 0.717) is 11.2 Å². The summed E-state index contributed by atoms with van der Waals surface area (Å²) in [6.45, 7) is 3.43. The van der Waals surface area contributed by atoms with Crippen LogP contribution in [0.3, 0.4) is 0 Å². The van der Waals surface area contributed by atoms with E-state index in [4.69, 9.17) is 0 Å². The van der Waals surface area contributed by atoms with Gasteiger partial charge in [0.2, 0.25) is 0 Å². The van der Waals surface area contributed by atoms with Crippen LogP contribution < -0.4 is 10.5 Å². The second kappa shape index (κ2) is 6.38. The fraction of sp³-hybridized carbons (Fsp3) is 0.278. The largest absolute Gasteiger partial charge is 0.506 e. The molecule has 1 aliphatic rings. The van der Waals surface area contributed by atoms with Gasteiger partial charge in [0.15, 0.2) is 5.82 Å². The maximum absolute atomic E-state index is 14.2. The van der Waals surface area contributed by atoms with E-state index in [1.807, 2.05) is 0 Å². The van der Waals surface area contributed by atoms with Crippen molar-refractivity contribution in [3.05, 3.63) is 53.0 Å². The van der Waals surface area contributed by atoms with Crippen LogP contribution in [-0.4, -0.2) is 57.8 Å². The fourth-order valence-corrected chi connectivity index (χ4v) is 3.23. The van der Waals surface area contributed by atoms with Crippen molar-refractivity contribution in [1.29, 1.82) is 0 Å². The maximum Gasteiger partial charge on any atom is 0.281 e. The Hall–Kier alpha value is -3.00. The topological polar surface area (TPSA) is 74.5 Å². The molecule has 1 fully saturated rings. The minimum absolute atomic E-state index is 0.181. The van der Waals surface area contributed by atoms with E-state index in [9.17, 15) is 14.3 Å². The van der Waals surface area contributed by atoms with Crippen molar-refractivity contribution >= 4 is 16.7 Å². The zero-order valence-electron chi connectivity index (χ0n) is 14.3. The number of hydrogen-bond donors (Lipinski definition) is 1. The van der Waals surface area contributed by atoms with Crippen molar-refractivity contribution in [3.8, 4) is 11.4 Å². The van der Waals surface area contributed by atoms with Crippen LogP contribution in [0.1, 0.15) is 0 Å². The minimum atomic E-state index is -0.681. The van der Waals surface area contributed by atoms with Crippen molar-refractivity contribution in [2.75, 3.05) is 38.1 Å². The average molecular weight is 355 g/mol. The molecule has 0 spiro atoms. The van der Waals surface area contributed by atoms with E-state index >= 15 is 0 Å². The summed E-state index contributed by atoms with van der Waals surface area (Å²) in [5.41, 5.74) is -0.487. The molecule has 0 unspecified atom stereocenters. The molecule has 0 atom stereocenters. The van der Waals surface area contributed by atoms with Crippen molar-refractivity contribution in [2.45, 2.75) is 0 Å². The first-order valence-corrected chi connectivity index (χ1v) is 8.34. The predicted molar refractivity (Wildman–Crippen MR) is 96.5 cm³/mol. The number of halogens is 1. The SMILES string of the molecule is CN1CCN(c2ncnc3c(=O)n(-c4c(O)cccc4F)ccc23)CC1. The summed E-state index contributed by atoms with van der Waals surface area (Å²) >= 11 is 0. The van der Waals surface area contributed by atoms with E-state index in [1.165, 1.54) is 30.7 Å². The first-order valence-electron chi connectivity index (χ1n) is 8.34. The number of para-hydroxylation sites is 1. The van der Waals surface area contributed by atoms with Crippen LogP contribution in [0, 0.1) is 5.82 Å². The van der Waals surface area contributed by atoms with Crippen LogP contribution in [0.4, 0.5) is 10.2 Å². The molecule has 134 valence electrons. The van der Waals surface area contributed by atoms with Gasteiger partial charge in [0.25, 0.3) is 5.56 Å². The number of phenols is 1. The third-order valence-corrected chi connectivity index (χ3v) is 4.68. The lowest BCUT2D eigenvalue weighted by molar-refractivity contribution is 0.312. The van der Waals surface area contributed by atoms with E-state index in [0.717, 1.165) is 30.7 Å². The summed E-state index contributed by atoms with van der Waals surface area (Å²) in [6.07, 6.45) is 2.80. The van der Waals surface area contributed by atoms with Crippen molar-refractivity contribution in [3.63, 3.8) is 0 Å². The molecular formula is C18H18FN5O2. The number of piperazine rings is 1. The van der Waals surface area contributed by atoms with Gasteiger partial charge in [-0.2, -0.15) is 0 Å². The number of aromatic nitrogens is 3. The Bertz CT molecular complexity index is 1010. The number of pyridine rings is 1. The van der Waals surface area contributed by atoms with Crippen molar-refractivity contribution < 1.29 is 9.50 Å². The molecule has 3 aromatic rings. The summed E-state index contributed by atoms with van der Waals surface area (Å²) in [5.74, 6) is -0.287. The quantitative estimate of drug-likeness (QED) is 0.749. The highest BCUT2D eigenvalue weighted by Gasteiger charge is 2.20. The van der Waals surface area contributed by atoms with Gasteiger partial charge < -0.3 is 14.9 Å². The molecule has 7 nitrogen and oxygen atoms in total. The highest BCUT2D eigenvalue weighted by Crippen LogP contribution is 2.26. The number of likely N-dealkylation sites (N-methyl/N-ethyl adjacent to an activating group) is 1. The average Bonchev–Trinajstić information content (AvgIpc) is 2.64. The second-order valence-corrected chi connectivity index (χ2v) is 6.35. The minimum Gasteiger partial charge on any atom is -0.506 e. The van der Waals surface area contributed by atoms with Crippen LogP contribution in [0.15, 0.2) is 41.6 Å². The molecule has 4 rings (SSSR count). The summed E-state index contributed by atoms with van der Waals surface area (Å²) in [7, 11) is 2.06. The van der Waals surface area contributed by atoms with Gasteiger partial charge in [-0.15, -0.1) is 0 Å². The lowest BCUT2D eigenvalue weighted by Gasteiger charge is -2.33. The molecule has 0 amide bonds. The van der Waals surface area contributed by atoms with Crippen LogP contribution >= 0.6 is 0 Å². The van der Waals surface area contributed by atoms with Gasteiger partial charge in [0.05, 0.1) is 5.39 Å². The Morgan fingerprint density at radius 3 is 2.62 bits per heavy atom. The number of rotatable bonds is 2. The normalized spacial score (nSPS) is 15.5. The molecule has 1 N–H and O–H groups in total. The summed E-state index contributed by atoms with van der Waals surface area (Å²) in [5, 5.41) is 10.6. The van der Waals surface area contributed by atoms with E-state index in [1.54, 1.807) is 6.07 Å². The Morgan fingerprint density at radius 1 is 1.12 bits per heavy atom. The van der Waals surface area contributed by atoms with Gasteiger partial charge >= 0.3 is 0 Å². The lowest BCUT2D eigenvalue weighted by atomic mass is 10.2. The standard InChI is InChI=1S/C18H18FN5O2/c1-22-7-9-23(10-8-22)17-12-5-6-24(18(26)15(12)20-11-21-17)16-13(19)3-2-4-14(16)25/h2-6,11,25H,7-10H2,1H3. The Labute approximate surface area is 148 Å². The third kappa shape index (κ3) is 2.68. The monoisotopic (exact) mass is 355 g/mol. The molecular weight excluding hydrogens is 337 g/mol. The summed E-state index contributed by atoms with van der Waals surface area (Å²) < 4.78 is 15.2. The number of aromatic hydroxyl groups is 1. The van der Waals surface area contributed by atoms with Gasteiger partial charge in [-0.1, -0.05) is 6.07 Å². The van der Waals surface area contributed by atoms with E-state index < -0.39 is 11.4 Å². The maximum atomic E-state index is 14.2. The van der Waals surface area contributed by atoms with Crippen LogP contribution in [0.5, 0.6) is 5.75 Å². The molecule has 26 heavy (non-hydrogen) atoms. The molecule has 3 heterocycles. The summed E-state index contributed by atoms with van der Waals surface area (Å²) in [6, 6.07) is 5.61. The Balaban J connectivity index is 1.86. The van der Waals surface area contributed by atoms with Crippen LogP contribution in [0.25, 0.3) is 16.6 Å². The molecule has 2 aromatic heterocycles. The molecule has 1 aliphatic heterocycles. The van der Waals surface area contributed by atoms with Gasteiger partial charge in [-0.05, 0) is 25.2 Å². The van der Waals surface area contributed by atoms with E-state index in [-0.39, 0.29) is 17.0 Å². The second-order valence-electron chi connectivity index (χ2n) is 6.35. The third-order valence-electron chi connectivity index (χ3n) is 4.68. The van der Waals surface area contributed by atoms with Crippen molar-refractivity contribution in [2.24, 2.45) is 0 Å². The lowest BCUT2D eigenvalue weighted by Crippen LogP contribution is -2.45. The number of benzene rings is 1. The fourth-order valence-electron chi connectivity index (χ4n) is 3.23. The number of fused-ring (bicyclic) bond motifs is 1. The highest BCUT2D eigenvalue weighted by molar-refractivity contribution is 5.88. The number of hydrogen-bond acceptors (Lipinski definition) is 6. The van der Waals surface area contributed by atoms with Crippen LogP contribution in [0.2, 0.25) is 0 Å². The molecule has 1 aromatic carbocycles. The zero-order valence-corrected chi connectivity index (χ0v) is 14.3. The molecule has 1 saturated heterocycles. The van der Waals surface area contributed by atoms with Crippen LogP contribution in [-0.2, 0) is 0 Å². The Morgan fingerprint density at radius 2 is 1.88 bits per heavy atom. The van der Waals surface area contributed by atoms with E-state index in [2.05, 4.69) is 26.8 Å². The molecule has 0 saturated carbocycles. The summed E-state index contributed by atoms with van der Waals surface area (Å²) in [4.78, 5) is 25.7. The first-order chi connectivity index (χ1) is 12.6. The molecule has 0 radical (unpaired) electrons. The molecule has 8 heteroatoms. The van der Waals surface area contributed by atoms with Gasteiger partial charge in [-0.3, -0.25) is 9.36 Å². The Kier molecular flexibility index (Phi) is 4.04. The zero-order chi connectivity index (χ0) is 18.3. The van der Waals surface area contributed by atoms with Crippen molar-refractivity contribution in [1.82, 2.24) is 19.4 Å².